The molecule has 0 spiro atoms. The Labute approximate surface area is 124 Å². The maximum absolute atomic E-state index is 5.67. The highest BCUT2D eigenvalue weighted by atomic mass is 16.3. The molecule has 0 aliphatic rings. The second-order valence-corrected chi connectivity index (χ2v) is 5.72. The van der Waals surface area contributed by atoms with E-state index in [1.165, 1.54) is 43.1 Å². The zero-order valence-electron chi connectivity index (χ0n) is 13.8. The average Bonchev–Trinajstić information content (AvgIpc) is 2.79. The van der Waals surface area contributed by atoms with E-state index in [1.807, 2.05) is 20.8 Å². The summed E-state index contributed by atoms with van der Waals surface area (Å²) in [6.07, 6.45) is 6.52. The molecule has 1 nitrogen and oxygen atoms in total. The van der Waals surface area contributed by atoms with Gasteiger partial charge >= 0.3 is 0 Å². The van der Waals surface area contributed by atoms with Crippen molar-refractivity contribution < 1.29 is 4.42 Å². The van der Waals surface area contributed by atoms with Gasteiger partial charge in [-0.25, -0.2) is 0 Å². The maximum Gasteiger partial charge on any atom is 0.134 e. The van der Waals surface area contributed by atoms with Gasteiger partial charge in [-0.2, -0.15) is 0 Å². The van der Waals surface area contributed by atoms with Crippen LogP contribution in [0.1, 0.15) is 64.7 Å². The van der Waals surface area contributed by atoms with Crippen molar-refractivity contribution in [3.05, 3.63) is 35.6 Å². The van der Waals surface area contributed by atoms with E-state index < -0.39 is 0 Å². The molecule has 0 unspecified atom stereocenters. The van der Waals surface area contributed by atoms with Crippen LogP contribution in [-0.2, 0) is 6.42 Å². The van der Waals surface area contributed by atoms with Crippen molar-refractivity contribution in [2.45, 2.75) is 66.7 Å². The Morgan fingerprint density at radius 2 is 1.75 bits per heavy atom. The lowest BCUT2D eigenvalue weighted by Crippen LogP contribution is -1.89. The van der Waals surface area contributed by atoms with Gasteiger partial charge < -0.3 is 4.42 Å². The molecule has 0 atom stereocenters. The number of fused-ring (bicyclic) bond motifs is 1. The van der Waals surface area contributed by atoms with Crippen LogP contribution in [0.5, 0.6) is 0 Å². The quantitative estimate of drug-likeness (QED) is 0.546. The fourth-order valence-corrected chi connectivity index (χ4v) is 2.42. The minimum Gasteiger partial charge on any atom is -0.461 e. The van der Waals surface area contributed by atoms with Crippen molar-refractivity contribution in [3.63, 3.8) is 0 Å². The van der Waals surface area contributed by atoms with Crippen molar-refractivity contribution in [2.24, 2.45) is 5.92 Å². The van der Waals surface area contributed by atoms with Crippen LogP contribution in [0.3, 0.4) is 0 Å². The van der Waals surface area contributed by atoms with Crippen LogP contribution in [0.2, 0.25) is 0 Å². The van der Waals surface area contributed by atoms with E-state index in [0.717, 1.165) is 17.3 Å². The predicted octanol–water partition coefficient (Wildman–Crippen LogP) is 6.53. The van der Waals surface area contributed by atoms with Crippen LogP contribution in [-0.4, -0.2) is 0 Å². The van der Waals surface area contributed by atoms with Gasteiger partial charge in [0.05, 0.1) is 0 Å². The predicted molar refractivity (Wildman–Crippen MR) is 89.3 cm³/mol. The normalized spacial score (nSPS) is 10.7. The van der Waals surface area contributed by atoms with Crippen molar-refractivity contribution in [2.75, 3.05) is 0 Å². The number of aryl methyl sites for hydroxylation is 2. The molecule has 0 saturated heterocycles. The largest absolute Gasteiger partial charge is 0.461 e. The zero-order valence-corrected chi connectivity index (χ0v) is 13.8. The molecule has 1 aromatic carbocycles. The first-order valence-electron chi connectivity index (χ1n) is 8.14. The zero-order chi connectivity index (χ0) is 15.0. The Balaban J connectivity index is 0.000000956. The van der Waals surface area contributed by atoms with Crippen LogP contribution >= 0.6 is 0 Å². The van der Waals surface area contributed by atoms with Gasteiger partial charge in [-0.15, -0.1) is 0 Å². The number of benzene rings is 1. The molecule has 2 aromatic rings. The van der Waals surface area contributed by atoms with Crippen molar-refractivity contribution in [1.82, 2.24) is 0 Å². The molecule has 20 heavy (non-hydrogen) atoms. The molecule has 112 valence electrons. The molecule has 1 heteroatoms. The summed E-state index contributed by atoms with van der Waals surface area (Å²) >= 11 is 0. The van der Waals surface area contributed by atoms with Gasteiger partial charge in [-0.1, -0.05) is 59.1 Å². The average molecular weight is 274 g/mol. The third kappa shape index (κ3) is 5.40. The summed E-state index contributed by atoms with van der Waals surface area (Å²) in [4.78, 5) is 0. The van der Waals surface area contributed by atoms with Crippen LogP contribution < -0.4 is 0 Å². The molecule has 1 aromatic heterocycles. The number of hydrogen-bond acceptors (Lipinski definition) is 1. The first-order valence-corrected chi connectivity index (χ1v) is 8.14. The third-order valence-electron chi connectivity index (χ3n) is 3.45. The fourth-order valence-electron chi connectivity index (χ4n) is 2.42. The van der Waals surface area contributed by atoms with Gasteiger partial charge in [0.2, 0.25) is 0 Å². The van der Waals surface area contributed by atoms with Gasteiger partial charge in [-0.3, -0.25) is 0 Å². The van der Waals surface area contributed by atoms with Crippen LogP contribution in [0, 0.1) is 12.8 Å². The first kappa shape index (κ1) is 16.8. The highest BCUT2D eigenvalue weighted by Crippen LogP contribution is 2.21. The van der Waals surface area contributed by atoms with Crippen LogP contribution in [0.15, 0.2) is 28.7 Å². The smallest absolute Gasteiger partial charge is 0.134 e. The number of rotatable bonds is 6. The van der Waals surface area contributed by atoms with E-state index in [0.29, 0.717) is 0 Å². The third-order valence-corrected chi connectivity index (χ3v) is 3.45. The van der Waals surface area contributed by atoms with Crippen LogP contribution in [0.4, 0.5) is 0 Å². The molecule has 0 amide bonds. The van der Waals surface area contributed by atoms with Gasteiger partial charge in [0.1, 0.15) is 11.3 Å². The lowest BCUT2D eigenvalue weighted by atomic mass is 10.0. The second-order valence-electron chi connectivity index (χ2n) is 5.72. The molecular formula is C19H30O. The Morgan fingerprint density at radius 1 is 1.00 bits per heavy atom. The Kier molecular flexibility index (Phi) is 7.43. The maximum atomic E-state index is 5.67. The summed E-state index contributed by atoms with van der Waals surface area (Å²) in [5.74, 6) is 1.84. The van der Waals surface area contributed by atoms with Gasteiger partial charge in [0.15, 0.2) is 0 Å². The monoisotopic (exact) mass is 274 g/mol. The van der Waals surface area contributed by atoms with E-state index >= 15 is 0 Å². The summed E-state index contributed by atoms with van der Waals surface area (Å²) in [7, 11) is 0. The summed E-state index contributed by atoms with van der Waals surface area (Å²) in [5.41, 5.74) is 2.44. The van der Waals surface area contributed by atoms with E-state index in [-0.39, 0.29) is 0 Å². The molecule has 0 fully saturated rings. The number of furan rings is 1. The Morgan fingerprint density at radius 3 is 2.45 bits per heavy atom. The van der Waals surface area contributed by atoms with Crippen molar-refractivity contribution in [3.8, 4) is 0 Å². The Hall–Kier alpha value is -1.24. The summed E-state index contributed by atoms with van der Waals surface area (Å²) < 4.78 is 5.67. The molecule has 2 rings (SSSR count). The van der Waals surface area contributed by atoms with Crippen molar-refractivity contribution in [1.29, 1.82) is 0 Å². The highest BCUT2D eigenvalue weighted by Gasteiger charge is 2.02. The number of unbranched alkanes of at least 4 members (excludes halogenated alkanes) is 2. The lowest BCUT2D eigenvalue weighted by Gasteiger charge is -2.04. The van der Waals surface area contributed by atoms with E-state index in [1.54, 1.807) is 0 Å². The second kappa shape index (κ2) is 8.84. The van der Waals surface area contributed by atoms with E-state index in [9.17, 15) is 0 Å². The standard InChI is InChI=1S/C17H24O.C2H6/c1-13(2)7-5-4-6-8-15-9-10-16-11-14(3)18-17(16)12-15;1-2/h9-13H,4-8H2,1-3H3;1-2H3. The van der Waals surface area contributed by atoms with E-state index in [2.05, 4.69) is 38.1 Å². The summed E-state index contributed by atoms with van der Waals surface area (Å²) in [6, 6.07) is 8.71. The van der Waals surface area contributed by atoms with Gasteiger partial charge in [-0.05, 0) is 43.4 Å². The SMILES string of the molecule is CC.Cc1cc2ccc(CCCCCC(C)C)cc2o1. The van der Waals surface area contributed by atoms with E-state index in [4.69, 9.17) is 4.42 Å². The topological polar surface area (TPSA) is 13.1 Å². The molecule has 0 N–H and O–H groups in total. The highest BCUT2D eigenvalue weighted by molar-refractivity contribution is 5.78. The fraction of sp³-hybridized carbons (Fsp3) is 0.579. The lowest BCUT2D eigenvalue weighted by molar-refractivity contribution is 0.527. The molecule has 0 aliphatic heterocycles. The first-order chi connectivity index (χ1) is 9.65. The molecule has 0 bridgehead atoms. The minimum atomic E-state index is 0.840. The molecule has 0 saturated carbocycles. The summed E-state index contributed by atoms with van der Waals surface area (Å²) in [6.45, 7) is 10.6. The molecule has 0 radical (unpaired) electrons. The number of hydrogen-bond donors (Lipinski definition) is 0. The Bertz CT molecular complexity index is 493. The minimum absolute atomic E-state index is 0.840. The molecule has 1 heterocycles. The molecule has 0 aliphatic carbocycles. The van der Waals surface area contributed by atoms with Gasteiger partial charge in [0.25, 0.3) is 0 Å². The summed E-state index contributed by atoms with van der Waals surface area (Å²) in [5, 5.41) is 1.22. The van der Waals surface area contributed by atoms with Gasteiger partial charge in [0, 0.05) is 5.39 Å². The van der Waals surface area contributed by atoms with Crippen LogP contribution in [0.25, 0.3) is 11.0 Å². The molecular weight excluding hydrogens is 244 g/mol. The van der Waals surface area contributed by atoms with Crippen molar-refractivity contribution >= 4 is 11.0 Å².